The van der Waals surface area contributed by atoms with Gasteiger partial charge >= 0.3 is 6.03 Å². The van der Waals surface area contributed by atoms with Gasteiger partial charge in [0.05, 0.1) is 6.61 Å². The van der Waals surface area contributed by atoms with E-state index in [9.17, 15) is 4.79 Å². The largest absolute Gasteiger partial charge is 0.383 e. The highest BCUT2D eigenvalue weighted by Crippen LogP contribution is 2.10. The lowest BCUT2D eigenvalue weighted by Gasteiger charge is -2.13. The number of pyridine rings is 1. The van der Waals surface area contributed by atoms with Crippen molar-refractivity contribution >= 4 is 17.7 Å². The van der Waals surface area contributed by atoms with E-state index in [1.165, 1.54) is 0 Å². The molecule has 0 aliphatic heterocycles. The first-order chi connectivity index (χ1) is 11.5. The molecule has 5 N–H and O–H groups in total. The number of nitrogens with one attached hydrogen (secondary N) is 1. The number of hydrogen-bond acceptors (Lipinski definition) is 4. The highest BCUT2D eigenvalue weighted by molar-refractivity contribution is 5.98. The van der Waals surface area contributed by atoms with Crippen LogP contribution in [0.4, 0.5) is 10.6 Å². The van der Waals surface area contributed by atoms with Crippen LogP contribution < -0.4 is 16.8 Å². The second kappa shape index (κ2) is 8.64. The molecule has 1 aromatic carbocycles. The average Bonchev–Trinajstić information content (AvgIpc) is 2.55. The number of amides is 2. The summed E-state index contributed by atoms with van der Waals surface area (Å²) in [6.45, 7) is 2.17. The summed E-state index contributed by atoms with van der Waals surface area (Å²) in [5.74, 6) is 0.968. The molecule has 2 amide bonds. The van der Waals surface area contributed by atoms with Crippen LogP contribution in [0.25, 0.3) is 0 Å². The van der Waals surface area contributed by atoms with E-state index in [0.29, 0.717) is 24.7 Å². The van der Waals surface area contributed by atoms with E-state index in [1.54, 1.807) is 19.2 Å². The van der Waals surface area contributed by atoms with Gasteiger partial charge in [-0.15, -0.1) is 0 Å². The number of primary amides is 1. The average molecular weight is 327 g/mol. The van der Waals surface area contributed by atoms with Gasteiger partial charge in [-0.3, -0.25) is 0 Å². The third-order valence-electron chi connectivity index (χ3n) is 3.21. The zero-order valence-electron chi connectivity index (χ0n) is 13.5. The molecule has 2 rings (SSSR count). The van der Waals surface area contributed by atoms with Crippen LogP contribution in [-0.2, 0) is 11.2 Å². The van der Waals surface area contributed by atoms with Gasteiger partial charge < -0.3 is 21.5 Å². The first-order valence-corrected chi connectivity index (χ1v) is 7.56. The molecule has 0 aliphatic carbocycles. The molecule has 126 valence electrons. The molecule has 0 aliphatic rings. The third-order valence-corrected chi connectivity index (χ3v) is 3.21. The SMILES string of the molecule is CC(NC(N)=O)OCCc1cccc(C(N)=Nc2ccccn2)c1. The lowest BCUT2D eigenvalue weighted by atomic mass is 10.1. The van der Waals surface area contributed by atoms with Gasteiger partial charge in [0.15, 0.2) is 5.82 Å². The van der Waals surface area contributed by atoms with Gasteiger partial charge in [-0.25, -0.2) is 14.8 Å². The Morgan fingerprint density at radius 3 is 2.83 bits per heavy atom. The smallest absolute Gasteiger partial charge is 0.314 e. The van der Waals surface area contributed by atoms with Crippen LogP contribution in [0.2, 0.25) is 0 Å². The fourth-order valence-electron chi connectivity index (χ4n) is 2.09. The van der Waals surface area contributed by atoms with Crippen molar-refractivity contribution < 1.29 is 9.53 Å². The quantitative estimate of drug-likeness (QED) is 0.407. The summed E-state index contributed by atoms with van der Waals surface area (Å²) in [7, 11) is 0. The van der Waals surface area contributed by atoms with Crippen molar-refractivity contribution in [1.82, 2.24) is 10.3 Å². The monoisotopic (exact) mass is 327 g/mol. The van der Waals surface area contributed by atoms with E-state index in [-0.39, 0.29) is 0 Å². The maximum absolute atomic E-state index is 10.7. The van der Waals surface area contributed by atoms with Crippen molar-refractivity contribution in [3.63, 3.8) is 0 Å². The maximum Gasteiger partial charge on any atom is 0.314 e. The summed E-state index contributed by atoms with van der Waals surface area (Å²) in [4.78, 5) is 19.1. The minimum atomic E-state index is -0.608. The summed E-state index contributed by atoms with van der Waals surface area (Å²) in [6, 6.07) is 12.6. The number of aliphatic imine (C=N–C) groups is 1. The third kappa shape index (κ3) is 5.69. The van der Waals surface area contributed by atoms with E-state index in [2.05, 4.69) is 15.3 Å². The lowest BCUT2D eigenvalue weighted by Crippen LogP contribution is -2.38. The molecule has 1 heterocycles. The maximum atomic E-state index is 10.7. The molecule has 1 atom stereocenters. The first kappa shape index (κ1) is 17.4. The van der Waals surface area contributed by atoms with Crippen molar-refractivity contribution in [2.45, 2.75) is 19.6 Å². The van der Waals surface area contributed by atoms with Crippen molar-refractivity contribution in [1.29, 1.82) is 0 Å². The molecule has 7 heteroatoms. The predicted molar refractivity (Wildman–Crippen MR) is 92.9 cm³/mol. The first-order valence-electron chi connectivity index (χ1n) is 7.56. The van der Waals surface area contributed by atoms with E-state index < -0.39 is 12.3 Å². The molecule has 24 heavy (non-hydrogen) atoms. The normalized spacial score (nSPS) is 12.6. The Morgan fingerprint density at radius 1 is 1.29 bits per heavy atom. The molecule has 7 nitrogen and oxygen atoms in total. The Hall–Kier alpha value is -2.93. The fourth-order valence-corrected chi connectivity index (χ4v) is 2.09. The fraction of sp³-hybridized carbons (Fsp3) is 0.235. The molecular formula is C17H21N5O2. The second-order valence-corrected chi connectivity index (χ2v) is 5.16. The molecule has 1 unspecified atom stereocenters. The Kier molecular flexibility index (Phi) is 6.27. The standard InChI is InChI=1S/C17H21N5O2/c1-12(21-17(19)23)24-10-8-13-5-4-6-14(11-13)16(18)22-15-7-2-3-9-20-15/h2-7,9,11-12H,8,10H2,1H3,(H2,18,20,22)(H3,19,21,23). The molecular weight excluding hydrogens is 306 g/mol. The second-order valence-electron chi connectivity index (χ2n) is 5.16. The zero-order valence-corrected chi connectivity index (χ0v) is 13.5. The summed E-state index contributed by atoms with van der Waals surface area (Å²) >= 11 is 0. The highest BCUT2D eigenvalue weighted by Gasteiger charge is 2.05. The number of hydrogen-bond donors (Lipinski definition) is 3. The van der Waals surface area contributed by atoms with Gasteiger partial charge in [0, 0.05) is 11.8 Å². The topological polar surface area (TPSA) is 116 Å². The summed E-state index contributed by atoms with van der Waals surface area (Å²) in [5, 5.41) is 2.46. The van der Waals surface area contributed by atoms with Crippen LogP contribution in [0, 0.1) is 0 Å². The van der Waals surface area contributed by atoms with Gasteiger partial charge in [0.1, 0.15) is 12.1 Å². The number of benzene rings is 1. The highest BCUT2D eigenvalue weighted by atomic mass is 16.5. The zero-order chi connectivity index (χ0) is 17.4. The van der Waals surface area contributed by atoms with Crippen molar-refractivity contribution in [3.05, 3.63) is 59.8 Å². The van der Waals surface area contributed by atoms with Crippen molar-refractivity contribution in [2.24, 2.45) is 16.5 Å². The molecule has 2 aromatic rings. The number of carbonyl (C=O) groups is 1. The van der Waals surface area contributed by atoms with E-state index >= 15 is 0 Å². The van der Waals surface area contributed by atoms with Crippen LogP contribution in [0.3, 0.4) is 0 Å². The number of rotatable bonds is 7. The number of amidine groups is 1. The predicted octanol–water partition coefficient (Wildman–Crippen LogP) is 1.69. The molecule has 0 radical (unpaired) electrons. The molecule has 0 spiro atoms. The minimum absolute atomic E-state index is 0.403. The van der Waals surface area contributed by atoms with Crippen LogP contribution >= 0.6 is 0 Å². The van der Waals surface area contributed by atoms with Crippen LogP contribution in [0.1, 0.15) is 18.1 Å². The summed E-state index contributed by atoms with van der Waals surface area (Å²) in [5.41, 5.74) is 12.9. The van der Waals surface area contributed by atoms with Crippen LogP contribution in [0.15, 0.2) is 53.7 Å². The van der Waals surface area contributed by atoms with Gasteiger partial charge in [0.2, 0.25) is 0 Å². The molecule has 1 aromatic heterocycles. The number of urea groups is 1. The Balaban J connectivity index is 1.96. The van der Waals surface area contributed by atoms with E-state index in [1.807, 2.05) is 36.4 Å². The Bertz CT molecular complexity index is 703. The lowest BCUT2D eigenvalue weighted by molar-refractivity contribution is 0.0530. The number of aromatic nitrogens is 1. The molecule has 0 saturated heterocycles. The minimum Gasteiger partial charge on any atom is -0.383 e. The van der Waals surface area contributed by atoms with Gasteiger partial charge in [-0.2, -0.15) is 0 Å². The number of nitrogens with zero attached hydrogens (tertiary/aromatic N) is 2. The Morgan fingerprint density at radius 2 is 2.12 bits per heavy atom. The van der Waals surface area contributed by atoms with Gasteiger partial charge in [-0.1, -0.05) is 24.3 Å². The van der Waals surface area contributed by atoms with Crippen molar-refractivity contribution in [3.8, 4) is 0 Å². The Labute approximate surface area is 140 Å². The van der Waals surface area contributed by atoms with Crippen LogP contribution in [0.5, 0.6) is 0 Å². The molecule has 0 fully saturated rings. The number of nitrogens with two attached hydrogens (primary N) is 2. The van der Waals surface area contributed by atoms with Gasteiger partial charge in [0.25, 0.3) is 0 Å². The van der Waals surface area contributed by atoms with E-state index in [0.717, 1.165) is 11.1 Å². The number of carbonyl (C=O) groups excluding carboxylic acids is 1. The van der Waals surface area contributed by atoms with E-state index in [4.69, 9.17) is 16.2 Å². The summed E-state index contributed by atoms with van der Waals surface area (Å²) < 4.78 is 5.47. The molecule has 0 saturated carbocycles. The summed E-state index contributed by atoms with van der Waals surface area (Å²) in [6.07, 6.45) is 1.91. The van der Waals surface area contributed by atoms with Crippen molar-refractivity contribution in [2.75, 3.05) is 6.61 Å². The number of ether oxygens (including phenoxy) is 1. The molecule has 0 bridgehead atoms. The van der Waals surface area contributed by atoms with Crippen LogP contribution in [-0.4, -0.2) is 29.7 Å². The van der Waals surface area contributed by atoms with Gasteiger partial charge in [-0.05, 0) is 37.1 Å².